The first-order valence-corrected chi connectivity index (χ1v) is 12.8. The van der Waals surface area contributed by atoms with Crippen molar-refractivity contribution in [3.63, 3.8) is 0 Å². The van der Waals surface area contributed by atoms with Crippen molar-refractivity contribution in [3.8, 4) is 0 Å². The van der Waals surface area contributed by atoms with E-state index in [1.165, 1.54) is 11.3 Å². The summed E-state index contributed by atoms with van der Waals surface area (Å²) in [5.74, 6) is 0.00565. The quantitative estimate of drug-likeness (QED) is 0.335. The Hall–Kier alpha value is -2.15. The summed E-state index contributed by atoms with van der Waals surface area (Å²) in [5, 5.41) is 6.69. The first-order chi connectivity index (χ1) is 15.9. The Morgan fingerprint density at radius 1 is 1.09 bits per heavy atom. The summed E-state index contributed by atoms with van der Waals surface area (Å²) in [6.07, 6.45) is 0.937. The molecule has 3 aromatic rings. The van der Waals surface area contributed by atoms with Crippen LogP contribution in [0.4, 0.5) is 5.69 Å². The first-order valence-electron chi connectivity index (χ1n) is 11.2. The molecule has 0 aliphatic carbocycles. The van der Waals surface area contributed by atoms with Crippen LogP contribution in [0.5, 0.6) is 0 Å². The van der Waals surface area contributed by atoms with Crippen molar-refractivity contribution in [2.24, 2.45) is 0 Å². The van der Waals surface area contributed by atoms with Gasteiger partial charge in [0.15, 0.2) is 0 Å². The number of hydrogen-bond donors (Lipinski definition) is 2. The summed E-state index contributed by atoms with van der Waals surface area (Å²) in [5.41, 5.74) is 4.60. The zero-order valence-electron chi connectivity index (χ0n) is 18.9. The molecule has 2 unspecified atom stereocenters. The molecule has 2 atom stereocenters. The molecule has 2 N–H and O–H groups in total. The van der Waals surface area contributed by atoms with E-state index in [0.717, 1.165) is 39.6 Å². The summed E-state index contributed by atoms with van der Waals surface area (Å²) < 4.78 is 2.04. The predicted molar refractivity (Wildman–Crippen MR) is 142 cm³/mol. The van der Waals surface area contributed by atoms with Crippen molar-refractivity contribution >= 4 is 43.5 Å². The highest BCUT2D eigenvalue weighted by molar-refractivity contribution is 9.10. The van der Waals surface area contributed by atoms with E-state index in [4.69, 9.17) is 0 Å². The van der Waals surface area contributed by atoms with Gasteiger partial charge in [0.2, 0.25) is 5.91 Å². The standard InChI is InChI=1S/C27H29Br2N3O/c1-27(18-31-24-13-12-20(28)16-22(24)27)14-15-32(2)25(21-10-6-7-11-23(21)29)26(33)30-17-19-8-4-3-5-9-19/h3-13,16,25,31H,14-15,17-18H2,1-2H3,(H,30,33). The molecular formula is C27H29Br2N3O. The molecule has 0 bridgehead atoms. The van der Waals surface area contributed by atoms with Gasteiger partial charge in [-0.05, 0) is 61.0 Å². The average molecular weight is 571 g/mol. The number of nitrogens with zero attached hydrogens (tertiary/aromatic N) is 1. The van der Waals surface area contributed by atoms with E-state index >= 15 is 0 Å². The number of hydrogen-bond acceptors (Lipinski definition) is 3. The minimum absolute atomic E-state index is 0.00565. The summed E-state index contributed by atoms with van der Waals surface area (Å²) in [6.45, 7) is 4.49. The number of likely N-dealkylation sites (N-methyl/N-ethyl adjacent to an activating group) is 1. The fraction of sp³-hybridized carbons (Fsp3) is 0.296. The van der Waals surface area contributed by atoms with Crippen LogP contribution in [-0.2, 0) is 16.8 Å². The Balaban J connectivity index is 1.51. The molecule has 0 spiro atoms. The van der Waals surface area contributed by atoms with Gasteiger partial charge in [0.25, 0.3) is 0 Å². The maximum absolute atomic E-state index is 13.4. The van der Waals surface area contributed by atoms with Crippen LogP contribution in [0.25, 0.3) is 0 Å². The Labute approximate surface area is 213 Å². The molecule has 4 nitrogen and oxygen atoms in total. The van der Waals surface area contributed by atoms with Gasteiger partial charge in [-0.3, -0.25) is 9.69 Å². The van der Waals surface area contributed by atoms with Crippen LogP contribution in [0.2, 0.25) is 0 Å². The van der Waals surface area contributed by atoms with E-state index in [1.807, 2.05) is 61.6 Å². The number of fused-ring (bicyclic) bond motifs is 1. The summed E-state index contributed by atoms with van der Waals surface area (Å²) >= 11 is 7.28. The summed E-state index contributed by atoms with van der Waals surface area (Å²) in [4.78, 5) is 15.6. The van der Waals surface area contributed by atoms with Gasteiger partial charge in [-0.1, -0.05) is 87.3 Å². The minimum Gasteiger partial charge on any atom is -0.384 e. The van der Waals surface area contributed by atoms with Gasteiger partial charge < -0.3 is 10.6 Å². The maximum atomic E-state index is 13.4. The fourth-order valence-corrected chi connectivity index (χ4v) is 5.35. The normalized spacial score (nSPS) is 18.0. The topological polar surface area (TPSA) is 44.4 Å². The molecule has 4 rings (SSSR count). The summed E-state index contributed by atoms with van der Waals surface area (Å²) in [7, 11) is 2.04. The molecule has 1 heterocycles. The zero-order valence-corrected chi connectivity index (χ0v) is 22.1. The van der Waals surface area contributed by atoms with Gasteiger partial charge in [0.1, 0.15) is 6.04 Å². The van der Waals surface area contributed by atoms with Gasteiger partial charge in [-0.15, -0.1) is 0 Å². The highest BCUT2D eigenvalue weighted by Gasteiger charge is 2.36. The molecule has 3 aromatic carbocycles. The van der Waals surface area contributed by atoms with Crippen LogP contribution < -0.4 is 10.6 Å². The second kappa shape index (κ2) is 10.4. The molecular weight excluding hydrogens is 542 g/mol. The molecule has 1 aliphatic rings. The van der Waals surface area contributed by atoms with E-state index in [-0.39, 0.29) is 17.4 Å². The van der Waals surface area contributed by atoms with E-state index in [2.05, 4.69) is 72.5 Å². The molecule has 1 aliphatic heterocycles. The van der Waals surface area contributed by atoms with Gasteiger partial charge in [0, 0.05) is 33.1 Å². The zero-order chi connectivity index (χ0) is 23.4. The van der Waals surface area contributed by atoms with Crippen LogP contribution in [-0.4, -0.2) is 30.9 Å². The number of amides is 1. The predicted octanol–water partition coefficient (Wildman–Crippen LogP) is 6.27. The van der Waals surface area contributed by atoms with Crippen molar-refractivity contribution in [3.05, 3.63) is 98.4 Å². The molecule has 0 aromatic heterocycles. The lowest BCUT2D eigenvalue weighted by Gasteiger charge is -2.32. The number of rotatable bonds is 8. The molecule has 1 amide bonds. The molecule has 0 saturated heterocycles. The van der Waals surface area contributed by atoms with Gasteiger partial charge in [-0.25, -0.2) is 0 Å². The van der Waals surface area contributed by atoms with E-state index in [9.17, 15) is 4.79 Å². The number of carbonyl (C=O) groups is 1. The number of anilines is 1. The molecule has 0 fully saturated rings. The Morgan fingerprint density at radius 2 is 1.82 bits per heavy atom. The van der Waals surface area contributed by atoms with Crippen molar-refractivity contribution in [2.75, 3.05) is 25.5 Å². The highest BCUT2D eigenvalue weighted by Crippen LogP contribution is 2.41. The molecule has 33 heavy (non-hydrogen) atoms. The molecule has 6 heteroatoms. The Morgan fingerprint density at radius 3 is 2.58 bits per heavy atom. The molecule has 0 saturated carbocycles. The average Bonchev–Trinajstić information content (AvgIpc) is 3.14. The Bertz CT molecular complexity index is 1120. The third-order valence-electron chi connectivity index (χ3n) is 6.52. The number of carbonyl (C=O) groups excluding carboxylic acids is 1. The Kier molecular flexibility index (Phi) is 7.57. The van der Waals surface area contributed by atoms with Gasteiger partial charge in [-0.2, -0.15) is 0 Å². The second-order valence-corrected chi connectivity index (χ2v) is 10.7. The van der Waals surface area contributed by atoms with Crippen molar-refractivity contribution in [1.82, 2.24) is 10.2 Å². The van der Waals surface area contributed by atoms with Crippen molar-refractivity contribution < 1.29 is 4.79 Å². The minimum atomic E-state index is -0.385. The van der Waals surface area contributed by atoms with Gasteiger partial charge >= 0.3 is 0 Å². The van der Waals surface area contributed by atoms with E-state index in [0.29, 0.717) is 6.54 Å². The van der Waals surface area contributed by atoms with Crippen LogP contribution >= 0.6 is 31.9 Å². The monoisotopic (exact) mass is 569 g/mol. The number of halogens is 2. The van der Waals surface area contributed by atoms with Crippen molar-refractivity contribution in [2.45, 2.75) is 31.3 Å². The lowest BCUT2D eigenvalue weighted by atomic mass is 9.81. The van der Waals surface area contributed by atoms with Crippen LogP contribution in [0.3, 0.4) is 0 Å². The van der Waals surface area contributed by atoms with E-state index in [1.54, 1.807) is 0 Å². The number of nitrogens with one attached hydrogen (secondary N) is 2. The third kappa shape index (κ3) is 5.51. The number of benzene rings is 3. The fourth-order valence-electron chi connectivity index (χ4n) is 4.49. The van der Waals surface area contributed by atoms with Crippen molar-refractivity contribution in [1.29, 1.82) is 0 Å². The lowest BCUT2D eigenvalue weighted by molar-refractivity contribution is -0.126. The highest BCUT2D eigenvalue weighted by atomic mass is 79.9. The maximum Gasteiger partial charge on any atom is 0.242 e. The smallest absolute Gasteiger partial charge is 0.242 e. The van der Waals surface area contributed by atoms with Crippen LogP contribution in [0, 0.1) is 0 Å². The van der Waals surface area contributed by atoms with E-state index < -0.39 is 0 Å². The van der Waals surface area contributed by atoms with Gasteiger partial charge in [0.05, 0.1) is 0 Å². The van der Waals surface area contributed by atoms with Crippen LogP contribution in [0.1, 0.15) is 36.1 Å². The lowest BCUT2D eigenvalue weighted by Crippen LogP contribution is -2.41. The molecule has 172 valence electrons. The SMILES string of the molecule is CN(CCC1(C)CNc2ccc(Br)cc21)C(C(=O)NCc1ccccc1)c1ccccc1Br. The first kappa shape index (κ1) is 24.0. The third-order valence-corrected chi connectivity index (χ3v) is 7.73. The van der Waals surface area contributed by atoms with Crippen LogP contribution in [0.15, 0.2) is 81.7 Å². The second-order valence-electron chi connectivity index (χ2n) is 8.96. The summed E-state index contributed by atoms with van der Waals surface area (Å²) in [6, 6.07) is 24.1. The largest absolute Gasteiger partial charge is 0.384 e. The molecule has 0 radical (unpaired) electrons.